The van der Waals surface area contributed by atoms with Gasteiger partial charge in [-0.1, -0.05) is 3.34 Å². The van der Waals surface area contributed by atoms with Crippen LogP contribution >= 0.6 is 63.5 Å². The van der Waals surface area contributed by atoms with Crippen LogP contribution in [0.4, 0.5) is 0 Å². The van der Waals surface area contributed by atoms with Crippen LogP contribution in [0.3, 0.4) is 0 Å². The van der Waals surface area contributed by atoms with E-state index in [9.17, 15) is 0 Å². The summed E-state index contributed by atoms with van der Waals surface area (Å²) in [6.45, 7) is 0. The van der Waals surface area contributed by atoms with Crippen molar-refractivity contribution in [1.82, 2.24) is 3.34 Å². The SMILES string of the molecule is ClN(Cl)S(Cl)(Cl)Cl. The normalized spacial score (nSPS) is 15.1. The second-order valence-corrected chi connectivity index (χ2v) is 8.40. The lowest BCUT2D eigenvalue weighted by molar-refractivity contribution is 1.23. The standard InChI is InChI=1S/Cl5NS/c1-6(2)7(3,4)5. The van der Waals surface area contributed by atoms with Crippen LogP contribution in [0, 0.1) is 0 Å². The van der Waals surface area contributed by atoms with Crippen molar-refractivity contribution in [2.75, 3.05) is 0 Å². The van der Waals surface area contributed by atoms with Gasteiger partial charge in [-0.25, -0.2) is 0 Å². The molecule has 0 saturated heterocycles. The molecule has 0 rings (SSSR count). The van der Waals surface area contributed by atoms with Crippen molar-refractivity contribution >= 4 is 63.5 Å². The zero-order valence-electron chi connectivity index (χ0n) is 2.75. The number of halogens is 5. The maximum absolute atomic E-state index is 5.14. The lowest BCUT2D eigenvalue weighted by atomic mass is 13.9. The highest BCUT2D eigenvalue weighted by molar-refractivity contribution is 8.78. The van der Waals surface area contributed by atoms with E-state index in [0.29, 0.717) is 3.34 Å². The van der Waals surface area contributed by atoms with E-state index in [4.69, 9.17) is 55.6 Å². The Morgan fingerprint density at radius 2 is 1.14 bits per heavy atom. The minimum absolute atomic E-state index is 0.512. The molecule has 0 bridgehead atoms. The van der Waals surface area contributed by atoms with E-state index in [0.717, 1.165) is 0 Å². The summed E-state index contributed by atoms with van der Waals surface area (Å²) in [4.78, 5) is 0. The van der Waals surface area contributed by atoms with Crippen molar-refractivity contribution in [2.24, 2.45) is 0 Å². The van der Waals surface area contributed by atoms with Crippen molar-refractivity contribution < 1.29 is 0 Å². The van der Waals surface area contributed by atoms with Gasteiger partial charge in [-0.15, -0.1) is 0 Å². The fraction of sp³-hybridized carbons (Fsp3) is 0. The van der Waals surface area contributed by atoms with Crippen LogP contribution in [0.2, 0.25) is 0 Å². The molecule has 0 amide bonds. The van der Waals surface area contributed by atoms with Gasteiger partial charge in [0, 0.05) is 23.6 Å². The van der Waals surface area contributed by atoms with Crippen molar-refractivity contribution in [2.45, 2.75) is 0 Å². The molecule has 46 valence electrons. The van der Waals surface area contributed by atoms with E-state index in [-0.39, 0.29) is 0 Å². The molecule has 0 atom stereocenters. The third-order valence-corrected chi connectivity index (χ3v) is 4.23. The van der Waals surface area contributed by atoms with Gasteiger partial charge in [-0.3, -0.25) is 0 Å². The second kappa shape index (κ2) is 3.06. The quantitative estimate of drug-likeness (QED) is 0.611. The zero-order chi connectivity index (χ0) is 6.08. The van der Waals surface area contributed by atoms with Gasteiger partial charge in [0.15, 0.2) is 0 Å². The second-order valence-electron chi connectivity index (χ2n) is 0.584. The minimum atomic E-state index is -2.46. The summed E-state index contributed by atoms with van der Waals surface area (Å²) < 4.78 is 0.512. The van der Waals surface area contributed by atoms with E-state index < -0.39 is 7.85 Å². The highest BCUT2D eigenvalue weighted by Gasteiger charge is 2.20. The Kier molecular flexibility index (Phi) is 3.83. The Morgan fingerprint density at radius 3 is 1.14 bits per heavy atom. The molecule has 0 spiro atoms. The van der Waals surface area contributed by atoms with Crippen molar-refractivity contribution in [3.05, 3.63) is 0 Å². The molecule has 0 unspecified atom stereocenters. The molecule has 0 aromatic carbocycles. The molecule has 0 aromatic rings. The first kappa shape index (κ1) is 8.76. The molecule has 0 heterocycles. The molecule has 0 N–H and O–H groups in total. The van der Waals surface area contributed by atoms with E-state index in [2.05, 4.69) is 0 Å². The first-order valence-electron chi connectivity index (χ1n) is 0.984. The van der Waals surface area contributed by atoms with Crippen molar-refractivity contribution in [3.8, 4) is 0 Å². The molecule has 0 saturated carbocycles. The van der Waals surface area contributed by atoms with Gasteiger partial charge in [-0.05, 0) is 32.0 Å². The van der Waals surface area contributed by atoms with Gasteiger partial charge in [-0.2, -0.15) is 0 Å². The molecule has 0 aliphatic rings. The predicted octanol–water partition coefficient (Wildman–Crippen LogP) is 3.78. The third-order valence-electron chi connectivity index (χ3n) is 0.156. The maximum atomic E-state index is 5.14. The van der Waals surface area contributed by atoms with Gasteiger partial charge in [0.25, 0.3) is 0 Å². The summed E-state index contributed by atoms with van der Waals surface area (Å²) in [6.07, 6.45) is 0. The van der Waals surface area contributed by atoms with E-state index in [1.54, 1.807) is 0 Å². The van der Waals surface area contributed by atoms with Gasteiger partial charge in [0.05, 0.1) is 7.85 Å². The van der Waals surface area contributed by atoms with Crippen LogP contribution in [0.1, 0.15) is 0 Å². The summed E-state index contributed by atoms with van der Waals surface area (Å²) in [5.74, 6) is 0. The average molecular weight is 223 g/mol. The number of hydrogen-bond acceptors (Lipinski definition) is 1. The van der Waals surface area contributed by atoms with Crippen LogP contribution in [0.5, 0.6) is 0 Å². The zero-order valence-corrected chi connectivity index (χ0v) is 7.34. The molecule has 1 nitrogen and oxygen atoms in total. The average Bonchev–Trinajstić information content (AvgIpc) is 1.31. The highest BCUT2D eigenvalue weighted by atomic mass is 36.2. The van der Waals surface area contributed by atoms with E-state index >= 15 is 0 Å². The molecular formula is Cl5NS. The summed E-state index contributed by atoms with van der Waals surface area (Å²) in [5.41, 5.74) is 0. The summed E-state index contributed by atoms with van der Waals surface area (Å²) >= 11 is 9.99. The summed E-state index contributed by atoms with van der Waals surface area (Å²) in [5, 5.41) is 0. The maximum Gasteiger partial charge on any atom is 0.0841 e. The predicted molar refractivity (Wildman–Crippen MR) is 38.7 cm³/mol. The molecule has 0 aliphatic carbocycles. The monoisotopic (exact) mass is 221 g/mol. The van der Waals surface area contributed by atoms with Gasteiger partial charge in [0.2, 0.25) is 0 Å². The number of rotatable bonds is 1. The Balaban J connectivity index is 3.54. The summed E-state index contributed by atoms with van der Waals surface area (Å²) in [6, 6.07) is 0. The lowest BCUT2D eigenvalue weighted by Crippen LogP contribution is -1.86. The molecule has 0 aromatic heterocycles. The molecule has 7 heteroatoms. The topological polar surface area (TPSA) is 3.24 Å². The van der Waals surface area contributed by atoms with Crippen LogP contribution in [-0.4, -0.2) is 3.34 Å². The fourth-order valence-electron chi connectivity index (χ4n) is 0. The Labute approximate surface area is 66.6 Å². The van der Waals surface area contributed by atoms with Crippen LogP contribution in [-0.2, 0) is 0 Å². The van der Waals surface area contributed by atoms with Crippen molar-refractivity contribution in [3.63, 3.8) is 0 Å². The number of hydrogen-bond donors (Lipinski definition) is 0. The largest absolute Gasteiger partial charge is 0.0841 e. The third kappa shape index (κ3) is 4.28. The van der Waals surface area contributed by atoms with Crippen LogP contribution < -0.4 is 0 Å². The Bertz CT molecular complexity index is 53.6. The molecule has 0 aliphatic heterocycles. The molecular weight excluding hydrogens is 223 g/mol. The fourth-order valence-corrected chi connectivity index (χ4v) is 0. The lowest BCUT2D eigenvalue weighted by Gasteiger charge is -2.16. The minimum Gasteiger partial charge on any atom is -0.0509 e. The van der Waals surface area contributed by atoms with Crippen LogP contribution in [0.25, 0.3) is 0 Å². The Morgan fingerprint density at radius 1 is 1.00 bits per heavy atom. The summed E-state index contributed by atoms with van der Waals surface area (Å²) in [7, 11) is 13.0. The van der Waals surface area contributed by atoms with Crippen LogP contribution in [0.15, 0.2) is 0 Å². The molecule has 7 heavy (non-hydrogen) atoms. The number of nitrogens with zero attached hydrogens (tertiary/aromatic N) is 1. The van der Waals surface area contributed by atoms with E-state index in [1.165, 1.54) is 0 Å². The smallest absolute Gasteiger partial charge is 0.0509 e. The van der Waals surface area contributed by atoms with E-state index in [1.807, 2.05) is 0 Å². The first-order chi connectivity index (χ1) is 2.94. The highest BCUT2D eigenvalue weighted by Crippen LogP contribution is 2.67. The first-order valence-corrected chi connectivity index (χ1v) is 5.73. The Hall–Kier alpha value is 1.76. The molecule has 0 fully saturated rings. The van der Waals surface area contributed by atoms with Gasteiger partial charge >= 0.3 is 0 Å². The molecule has 0 radical (unpaired) electrons. The van der Waals surface area contributed by atoms with Gasteiger partial charge < -0.3 is 0 Å². The van der Waals surface area contributed by atoms with Gasteiger partial charge in [0.1, 0.15) is 0 Å². The van der Waals surface area contributed by atoms with Crippen molar-refractivity contribution in [1.29, 1.82) is 0 Å².